The summed E-state index contributed by atoms with van der Waals surface area (Å²) in [5.74, 6) is 1.45. The second-order valence-electron chi connectivity index (χ2n) is 3.85. The molecule has 0 aromatic carbocycles. The summed E-state index contributed by atoms with van der Waals surface area (Å²) in [7, 11) is 0. The molecule has 1 atom stereocenters. The van der Waals surface area contributed by atoms with Crippen LogP contribution < -0.4 is 0 Å². The molecule has 0 spiro atoms. The van der Waals surface area contributed by atoms with Crippen molar-refractivity contribution in [1.82, 2.24) is 0 Å². The highest BCUT2D eigenvalue weighted by Gasteiger charge is 2.15. The lowest BCUT2D eigenvalue weighted by Gasteiger charge is -2.21. The zero-order valence-corrected chi connectivity index (χ0v) is 9.53. The molecule has 0 aromatic rings. The SMILES string of the molecule is C=CSC1=CC(C(C)C)CC=C1C. The van der Waals surface area contributed by atoms with E-state index >= 15 is 0 Å². The minimum atomic E-state index is 0.714. The molecule has 0 aromatic heterocycles. The summed E-state index contributed by atoms with van der Waals surface area (Å²) in [4.78, 5) is 1.39. The predicted octanol–water partition coefficient (Wildman–Crippen LogP) is 4.37. The molecule has 0 fully saturated rings. The minimum Gasteiger partial charge on any atom is -0.0988 e. The van der Waals surface area contributed by atoms with Gasteiger partial charge in [0.05, 0.1) is 0 Å². The van der Waals surface area contributed by atoms with E-state index in [4.69, 9.17) is 0 Å². The smallest absolute Gasteiger partial charge is 0.0105 e. The first-order valence-corrected chi connectivity index (χ1v) is 5.69. The summed E-state index contributed by atoms with van der Waals surface area (Å²) in [6.45, 7) is 10.5. The van der Waals surface area contributed by atoms with Crippen LogP contribution in [0.4, 0.5) is 0 Å². The van der Waals surface area contributed by atoms with E-state index in [1.54, 1.807) is 11.8 Å². The lowest BCUT2D eigenvalue weighted by atomic mass is 9.88. The molecule has 1 aliphatic carbocycles. The fraction of sp³-hybridized carbons (Fsp3) is 0.500. The van der Waals surface area contributed by atoms with Gasteiger partial charge in [0, 0.05) is 4.91 Å². The quantitative estimate of drug-likeness (QED) is 0.643. The number of hydrogen-bond donors (Lipinski definition) is 0. The molecule has 1 heteroatoms. The van der Waals surface area contributed by atoms with Crippen LogP contribution in [0.5, 0.6) is 0 Å². The predicted molar refractivity (Wildman–Crippen MR) is 62.6 cm³/mol. The van der Waals surface area contributed by atoms with Crippen molar-refractivity contribution in [1.29, 1.82) is 0 Å². The maximum Gasteiger partial charge on any atom is 0.0105 e. The van der Waals surface area contributed by atoms with Crippen LogP contribution in [0.25, 0.3) is 0 Å². The lowest BCUT2D eigenvalue weighted by molar-refractivity contribution is 0.465. The first-order valence-electron chi connectivity index (χ1n) is 4.81. The highest BCUT2D eigenvalue weighted by atomic mass is 32.2. The molecule has 0 saturated carbocycles. The van der Waals surface area contributed by atoms with E-state index in [0.717, 1.165) is 5.92 Å². The van der Waals surface area contributed by atoms with Crippen molar-refractivity contribution in [2.75, 3.05) is 0 Å². The second kappa shape index (κ2) is 4.71. The fourth-order valence-electron chi connectivity index (χ4n) is 1.49. The summed E-state index contributed by atoms with van der Waals surface area (Å²) in [6.07, 6.45) is 5.94. The van der Waals surface area contributed by atoms with Crippen molar-refractivity contribution in [3.8, 4) is 0 Å². The van der Waals surface area contributed by atoms with Gasteiger partial charge in [0.2, 0.25) is 0 Å². The van der Waals surface area contributed by atoms with Gasteiger partial charge in [-0.1, -0.05) is 44.3 Å². The van der Waals surface area contributed by atoms with Crippen LogP contribution in [0, 0.1) is 11.8 Å². The van der Waals surface area contributed by atoms with E-state index < -0.39 is 0 Å². The number of rotatable bonds is 3. The van der Waals surface area contributed by atoms with Crippen LogP contribution in [0.1, 0.15) is 27.2 Å². The van der Waals surface area contributed by atoms with Crippen molar-refractivity contribution in [2.45, 2.75) is 27.2 Å². The van der Waals surface area contributed by atoms with Crippen LogP contribution in [-0.2, 0) is 0 Å². The van der Waals surface area contributed by atoms with Crippen LogP contribution in [0.3, 0.4) is 0 Å². The minimum absolute atomic E-state index is 0.714. The Morgan fingerprint density at radius 1 is 1.62 bits per heavy atom. The van der Waals surface area contributed by atoms with Crippen LogP contribution in [-0.4, -0.2) is 0 Å². The van der Waals surface area contributed by atoms with Crippen molar-refractivity contribution in [3.05, 3.63) is 34.6 Å². The van der Waals surface area contributed by atoms with Crippen LogP contribution in [0.2, 0.25) is 0 Å². The topological polar surface area (TPSA) is 0 Å². The molecule has 1 rings (SSSR count). The Morgan fingerprint density at radius 3 is 2.85 bits per heavy atom. The Bertz CT molecular complexity index is 246. The summed E-state index contributed by atoms with van der Waals surface area (Å²) in [5.41, 5.74) is 1.40. The first kappa shape index (κ1) is 10.6. The van der Waals surface area contributed by atoms with Crippen molar-refractivity contribution in [2.24, 2.45) is 11.8 Å². The maximum absolute atomic E-state index is 3.75. The van der Waals surface area contributed by atoms with Gasteiger partial charge in [0.25, 0.3) is 0 Å². The van der Waals surface area contributed by atoms with Crippen molar-refractivity contribution in [3.63, 3.8) is 0 Å². The summed E-state index contributed by atoms with van der Waals surface area (Å²) in [5, 5.41) is 1.91. The fourth-order valence-corrected chi connectivity index (χ4v) is 2.20. The van der Waals surface area contributed by atoms with Gasteiger partial charge >= 0.3 is 0 Å². The molecule has 0 radical (unpaired) electrons. The van der Waals surface area contributed by atoms with Gasteiger partial charge in [-0.25, -0.2) is 0 Å². The van der Waals surface area contributed by atoms with E-state index in [2.05, 4.69) is 39.5 Å². The number of thioether (sulfide) groups is 1. The van der Waals surface area contributed by atoms with E-state index in [-0.39, 0.29) is 0 Å². The third kappa shape index (κ3) is 2.77. The Balaban J connectivity index is 2.75. The van der Waals surface area contributed by atoms with Crippen LogP contribution >= 0.6 is 11.8 Å². The number of allylic oxidation sites excluding steroid dienone is 3. The number of hydrogen-bond acceptors (Lipinski definition) is 1. The van der Waals surface area contributed by atoms with E-state index in [1.807, 2.05) is 5.41 Å². The van der Waals surface area contributed by atoms with Gasteiger partial charge in [-0.2, -0.15) is 0 Å². The molecule has 1 aliphatic rings. The normalized spacial score (nSPS) is 22.6. The largest absolute Gasteiger partial charge is 0.0988 e. The molecule has 0 nitrogen and oxygen atoms in total. The average molecular weight is 194 g/mol. The molecule has 72 valence electrons. The Morgan fingerprint density at radius 2 is 2.31 bits per heavy atom. The van der Waals surface area contributed by atoms with Gasteiger partial charge in [-0.15, -0.1) is 0 Å². The average Bonchev–Trinajstić information content (AvgIpc) is 2.08. The standard InChI is InChI=1S/C12H18S/c1-5-13-12-8-11(9(2)3)7-6-10(12)4/h5-6,8-9,11H,1,7H2,2-4H3. The third-order valence-corrected chi connectivity index (χ3v) is 3.40. The van der Waals surface area contributed by atoms with Gasteiger partial charge in [0.15, 0.2) is 0 Å². The molecular weight excluding hydrogens is 176 g/mol. The highest BCUT2D eigenvalue weighted by molar-refractivity contribution is 8.06. The Labute approximate surface area is 85.8 Å². The molecule has 0 aliphatic heterocycles. The molecule has 0 amide bonds. The second-order valence-corrected chi connectivity index (χ2v) is 4.86. The molecule has 0 heterocycles. The molecule has 0 N–H and O–H groups in total. The highest BCUT2D eigenvalue weighted by Crippen LogP contribution is 2.33. The first-order chi connectivity index (χ1) is 6.15. The molecule has 13 heavy (non-hydrogen) atoms. The van der Waals surface area contributed by atoms with Crippen LogP contribution in [0.15, 0.2) is 34.6 Å². The molecular formula is C12H18S. The summed E-state index contributed by atoms with van der Waals surface area (Å²) >= 11 is 1.74. The zero-order valence-electron chi connectivity index (χ0n) is 8.71. The molecule has 0 saturated heterocycles. The summed E-state index contributed by atoms with van der Waals surface area (Å²) in [6, 6.07) is 0. The monoisotopic (exact) mass is 194 g/mol. The van der Waals surface area contributed by atoms with Gasteiger partial charge in [-0.3, -0.25) is 0 Å². The van der Waals surface area contributed by atoms with Gasteiger partial charge < -0.3 is 0 Å². The van der Waals surface area contributed by atoms with Crippen molar-refractivity contribution < 1.29 is 0 Å². The molecule has 0 bridgehead atoms. The lowest BCUT2D eigenvalue weighted by Crippen LogP contribution is -2.08. The van der Waals surface area contributed by atoms with Gasteiger partial charge in [-0.05, 0) is 36.2 Å². The van der Waals surface area contributed by atoms with Gasteiger partial charge in [0.1, 0.15) is 0 Å². The van der Waals surface area contributed by atoms with E-state index in [9.17, 15) is 0 Å². The van der Waals surface area contributed by atoms with E-state index in [1.165, 1.54) is 16.9 Å². The van der Waals surface area contributed by atoms with E-state index in [0.29, 0.717) is 5.92 Å². The molecule has 1 unspecified atom stereocenters. The third-order valence-electron chi connectivity index (χ3n) is 2.52. The zero-order chi connectivity index (χ0) is 9.84. The van der Waals surface area contributed by atoms with Crippen molar-refractivity contribution >= 4 is 11.8 Å². The Kier molecular flexibility index (Phi) is 3.86. The summed E-state index contributed by atoms with van der Waals surface area (Å²) < 4.78 is 0. The Hall–Kier alpha value is -0.430. The maximum atomic E-state index is 3.75.